The Morgan fingerprint density at radius 1 is 1.25 bits per heavy atom. The van der Waals surface area contributed by atoms with Crippen molar-refractivity contribution in [2.75, 3.05) is 0 Å². The molecule has 2 aromatic rings. The van der Waals surface area contributed by atoms with E-state index in [1.807, 2.05) is 6.92 Å². The van der Waals surface area contributed by atoms with Gasteiger partial charge in [-0.2, -0.15) is 13.2 Å². The molecule has 0 bridgehead atoms. The van der Waals surface area contributed by atoms with Crippen LogP contribution >= 0.6 is 0 Å². The number of nitrogens with zero attached hydrogens (tertiary/aromatic N) is 3. The fourth-order valence-corrected chi connectivity index (χ4v) is 1.76. The van der Waals surface area contributed by atoms with E-state index < -0.39 is 11.7 Å². The Labute approximate surface area is 114 Å². The maximum Gasteiger partial charge on any atom is 0.416 e. The Morgan fingerprint density at radius 3 is 2.45 bits per heavy atom. The van der Waals surface area contributed by atoms with E-state index in [4.69, 9.17) is 5.73 Å². The molecule has 0 saturated carbocycles. The second kappa shape index (κ2) is 5.62. The van der Waals surface area contributed by atoms with Gasteiger partial charge in [-0.05, 0) is 24.1 Å². The summed E-state index contributed by atoms with van der Waals surface area (Å²) in [5, 5.41) is 7.86. The SMILES string of the molecule is CCC(N)c1cn(Cc2ccc(C(F)(F)F)cc2)nn1. The quantitative estimate of drug-likeness (QED) is 0.939. The van der Waals surface area contributed by atoms with Gasteiger partial charge in [0.1, 0.15) is 0 Å². The average molecular weight is 284 g/mol. The third kappa shape index (κ3) is 3.36. The van der Waals surface area contributed by atoms with E-state index in [-0.39, 0.29) is 6.04 Å². The van der Waals surface area contributed by atoms with Crippen molar-refractivity contribution in [1.82, 2.24) is 15.0 Å². The summed E-state index contributed by atoms with van der Waals surface area (Å²) < 4.78 is 38.9. The van der Waals surface area contributed by atoms with Gasteiger partial charge < -0.3 is 5.73 Å². The molecular weight excluding hydrogens is 269 g/mol. The summed E-state index contributed by atoms with van der Waals surface area (Å²) in [7, 11) is 0. The van der Waals surface area contributed by atoms with Gasteiger partial charge in [-0.1, -0.05) is 24.3 Å². The van der Waals surface area contributed by atoms with Crippen LogP contribution in [0.3, 0.4) is 0 Å². The smallest absolute Gasteiger partial charge is 0.323 e. The van der Waals surface area contributed by atoms with E-state index >= 15 is 0 Å². The molecule has 0 spiro atoms. The fraction of sp³-hybridized carbons (Fsp3) is 0.385. The van der Waals surface area contributed by atoms with E-state index in [9.17, 15) is 13.2 Å². The van der Waals surface area contributed by atoms with Gasteiger partial charge in [-0.15, -0.1) is 5.10 Å². The highest BCUT2D eigenvalue weighted by Crippen LogP contribution is 2.29. The summed E-state index contributed by atoms with van der Waals surface area (Å²) in [6.45, 7) is 2.31. The predicted molar refractivity (Wildman–Crippen MR) is 67.8 cm³/mol. The van der Waals surface area contributed by atoms with Crippen molar-refractivity contribution in [1.29, 1.82) is 0 Å². The first-order valence-electron chi connectivity index (χ1n) is 6.22. The molecule has 1 aromatic heterocycles. The second-order valence-electron chi connectivity index (χ2n) is 4.55. The van der Waals surface area contributed by atoms with Crippen molar-refractivity contribution in [2.24, 2.45) is 5.73 Å². The summed E-state index contributed by atoms with van der Waals surface area (Å²) in [5.74, 6) is 0. The summed E-state index contributed by atoms with van der Waals surface area (Å²) in [4.78, 5) is 0. The molecule has 0 fully saturated rings. The molecule has 20 heavy (non-hydrogen) atoms. The molecule has 2 N–H and O–H groups in total. The van der Waals surface area contributed by atoms with Crippen LogP contribution in [0.25, 0.3) is 0 Å². The molecule has 1 heterocycles. The first-order chi connectivity index (χ1) is 9.40. The van der Waals surface area contributed by atoms with Gasteiger partial charge in [0.15, 0.2) is 0 Å². The molecule has 0 aliphatic carbocycles. The molecule has 2 rings (SSSR count). The van der Waals surface area contributed by atoms with Crippen LogP contribution in [0.1, 0.15) is 36.2 Å². The van der Waals surface area contributed by atoms with Crippen molar-refractivity contribution in [3.63, 3.8) is 0 Å². The minimum absolute atomic E-state index is 0.170. The molecular formula is C13H15F3N4. The lowest BCUT2D eigenvalue weighted by molar-refractivity contribution is -0.137. The Kier molecular flexibility index (Phi) is 4.08. The van der Waals surface area contributed by atoms with Gasteiger partial charge in [0.2, 0.25) is 0 Å². The molecule has 1 atom stereocenters. The predicted octanol–water partition coefficient (Wildman–Crippen LogP) is 2.76. The molecule has 0 aliphatic heterocycles. The number of nitrogens with two attached hydrogens (primary N) is 1. The number of aromatic nitrogens is 3. The van der Waals surface area contributed by atoms with E-state index in [0.717, 1.165) is 24.1 Å². The van der Waals surface area contributed by atoms with Crippen LogP contribution in [0.15, 0.2) is 30.5 Å². The highest BCUT2D eigenvalue weighted by atomic mass is 19.4. The molecule has 0 aliphatic rings. The van der Waals surface area contributed by atoms with E-state index in [1.54, 1.807) is 10.9 Å². The van der Waals surface area contributed by atoms with Crippen LogP contribution in [0.4, 0.5) is 13.2 Å². The van der Waals surface area contributed by atoms with Crippen molar-refractivity contribution in [2.45, 2.75) is 32.1 Å². The van der Waals surface area contributed by atoms with Crippen molar-refractivity contribution < 1.29 is 13.2 Å². The third-order valence-electron chi connectivity index (χ3n) is 3.00. The van der Waals surface area contributed by atoms with Crippen LogP contribution in [-0.4, -0.2) is 15.0 Å². The first-order valence-corrected chi connectivity index (χ1v) is 6.22. The lowest BCUT2D eigenvalue weighted by Crippen LogP contribution is -2.08. The van der Waals surface area contributed by atoms with Crippen molar-refractivity contribution in [3.05, 3.63) is 47.3 Å². The molecule has 108 valence electrons. The standard InChI is InChI=1S/C13H15F3N4/c1-2-11(17)12-8-20(19-18-12)7-9-3-5-10(6-4-9)13(14,15)16/h3-6,8,11H,2,7,17H2,1H3. The van der Waals surface area contributed by atoms with E-state index in [1.165, 1.54) is 12.1 Å². The molecule has 0 saturated heterocycles. The number of rotatable bonds is 4. The van der Waals surface area contributed by atoms with E-state index in [0.29, 0.717) is 12.2 Å². The zero-order chi connectivity index (χ0) is 14.8. The molecule has 7 heteroatoms. The first kappa shape index (κ1) is 14.5. The minimum Gasteiger partial charge on any atom is -0.323 e. The van der Waals surface area contributed by atoms with Gasteiger partial charge in [-0.3, -0.25) is 0 Å². The van der Waals surface area contributed by atoms with Gasteiger partial charge in [0, 0.05) is 0 Å². The van der Waals surface area contributed by atoms with Crippen LogP contribution in [0.2, 0.25) is 0 Å². The maximum atomic E-state index is 12.4. The summed E-state index contributed by atoms with van der Waals surface area (Å²) in [6.07, 6.45) is -1.85. The van der Waals surface area contributed by atoms with Gasteiger partial charge in [-0.25, -0.2) is 4.68 Å². The lowest BCUT2D eigenvalue weighted by Gasteiger charge is -2.07. The highest BCUT2D eigenvalue weighted by Gasteiger charge is 2.29. The number of alkyl halides is 3. The Balaban J connectivity index is 2.08. The number of halogens is 3. The van der Waals surface area contributed by atoms with Crippen LogP contribution < -0.4 is 5.73 Å². The van der Waals surface area contributed by atoms with Crippen LogP contribution in [0.5, 0.6) is 0 Å². The minimum atomic E-state index is -4.31. The zero-order valence-electron chi connectivity index (χ0n) is 10.9. The van der Waals surface area contributed by atoms with Gasteiger partial charge >= 0.3 is 6.18 Å². The molecule has 0 radical (unpaired) electrons. The van der Waals surface area contributed by atoms with Gasteiger partial charge in [0.25, 0.3) is 0 Å². The Bertz CT molecular complexity index is 560. The van der Waals surface area contributed by atoms with Crippen LogP contribution in [-0.2, 0) is 12.7 Å². The Morgan fingerprint density at radius 2 is 1.90 bits per heavy atom. The number of hydrogen-bond donors (Lipinski definition) is 1. The lowest BCUT2D eigenvalue weighted by atomic mass is 10.1. The monoisotopic (exact) mass is 284 g/mol. The second-order valence-corrected chi connectivity index (χ2v) is 4.55. The summed E-state index contributed by atoms with van der Waals surface area (Å²) in [5.41, 5.74) is 6.57. The van der Waals surface area contributed by atoms with Gasteiger partial charge in [0.05, 0.1) is 30.0 Å². The molecule has 1 unspecified atom stereocenters. The summed E-state index contributed by atoms with van der Waals surface area (Å²) >= 11 is 0. The topological polar surface area (TPSA) is 56.7 Å². The molecule has 4 nitrogen and oxygen atoms in total. The average Bonchev–Trinajstić information content (AvgIpc) is 2.86. The Hall–Kier alpha value is -1.89. The summed E-state index contributed by atoms with van der Waals surface area (Å²) in [6, 6.07) is 4.82. The normalized spacial score (nSPS) is 13.4. The fourth-order valence-electron chi connectivity index (χ4n) is 1.76. The maximum absolute atomic E-state index is 12.4. The van der Waals surface area contributed by atoms with Crippen molar-refractivity contribution in [3.8, 4) is 0 Å². The zero-order valence-corrected chi connectivity index (χ0v) is 10.9. The third-order valence-corrected chi connectivity index (χ3v) is 3.00. The largest absolute Gasteiger partial charge is 0.416 e. The number of hydrogen-bond acceptors (Lipinski definition) is 3. The highest BCUT2D eigenvalue weighted by molar-refractivity contribution is 5.24. The number of benzene rings is 1. The van der Waals surface area contributed by atoms with Crippen LogP contribution in [0, 0.1) is 0 Å². The van der Waals surface area contributed by atoms with Crippen molar-refractivity contribution >= 4 is 0 Å². The van der Waals surface area contributed by atoms with E-state index in [2.05, 4.69) is 10.3 Å². The molecule has 1 aromatic carbocycles. The molecule has 0 amide bonds.